The van der Waals surface area contributed by atoms with E-state index in [4.69, 9.17) is 0 Å². The van der Waals surface area contributed by atoms with Gasteiger partial charge >= 0.3 is 0 Å². The number of hydrogen-bond donors (Lipinski definition) is 3. The molecule has 2 fully saturated rings. The molecule has 5 atom stereocenters. The van der Waals surface area contributed by atoms with Gasteiger partial charge in [0.25, 0.3) is 5.91 Å². The van der Waals surface area contributed by atoms with Crippen molar-refractivity contribution in [3.05, 3.63) is 35.2 Å². The number of carbonyl (C=O) groups is 3. The summed E-state index contributed by atoms with van der Waals surface area (Å²) >= 11 is 1.57. The van der Waals surface area contributed by atoms with Crippen molar-refractivity contribution in [2.45, 2.75) is 71.1 Å². The van der Waals surface area contributed by atoms with Crippen molar-refractivity contribution >= 4 is 39.1 Å². The van der Waals surface area contributed by atoms with Gasteiger partial charge in [-0.25, -0.2) is 0 Å². The molecular formula is C26H36N4O3S. The number of likely N-dealkylation sites (tertiary alicyclic amines) is 1. The Bertz CT molecular complexity index is 1080. The number of amides is 3. The van der Waals surface area contributed by atoms with Gasteiger partial charge in [0.15, 0.2) is 0 Å². The lowest BCUT2D eigenvalue weighted by Gasteiger charge is -2.37. The van der Waals surface area contributed by atoms with Gasteiger partial charge in [0.05, 0.1) is 17.6 Å². The summed E-state index contributed by atoms with van der Waals surface area (Å²) in [5.74, 6) is 0.0536. The van der Waals surface area contributed by atoms with E-state index in [9.17, 15) is 14.4 Å². The van der Waals surface area contributed by atoms with Gasteiger partial charge < -0.3 is 20.9 Å². The van der Waals surface area contributed by atoms with Crippen LogP contribution in [0.15, 0.2) is 29.6 Å². The summed E-state index contributed by atoms with van der Waals surface area (Å²) in [5.41, 5.74) is 0.256. The highest BCUT2D eigenvalue weighted by Crippen LogP contribution is 2.39. The number of likely N-dealkylation sites (N-methyl/N-ethyl adjacent to an activating group) is 1. The van der Waals surface area contributed by atoms with Gasteiger partial charge in [-0.15, -0.1) is 11.3 Å². The Labute approximate surface area is 205 Å². The van der Waals surface area contributed by atoms with Crippen LogP contribution in [0.3, 0.4) is 0 Å². The monoisotopic (exact) mass is 484 g/mol. The number of rotatable bonds is 6. The minimum Gasteiger partial charge on any atom is -0.347 e. The van der Waals surface area contributed by atoms with E-state index >= 15 is 0 Å². The Morgan fingerprint density at radius 3 is 2.56 bits per heavy atom. The molecule has 1 aromatic heterocycles. The van der Waals surface area contributed by atoms with Crippen LogP contribution in [-0.4, -0.2) is 60.4 Å². The molecule has 3 N–H and O–H groups in total. The van der Waals surface area contributed by atoms with Gasteiger partial charge in [0, 0.05) is 28.1 Å². The van der Waals surface area contributed by atoms with Crippen LogP contribution in [0, 0.1) is 11.3 Å². The molecule has 1 aliphatic carbocycles. The van der Waals surface area contributed by atoms with Crippen molar-refractivity contribution in [1.82, 2.24) is 20.9 Å². The van der Waals surface area contributed by atoms with Crippen LogP contribution in [0.4, 0.5) is 0 Å². The van der Waals surface area contributed by atoms with Crippen LogP contribution >= 0.6 is 11.3 Å². The fourth-order valence-electron chi connectivity index (χ4n) is 5.33. The van der Waals surface area contributed by atoms with Crippen LogP contribution in [0.25, 0.3) is 10.1 Å². The Balaban J connectivity index is 1.52. The van der Waals surface area contributed by atoms with Crippen molar-refractivity contribution in [3.8, 4) is 0 Å². The first-order valence-electron chi connectivity index (χ1n) is 12.2. The van der Waals surface area contributed by atoms with E-state index in [1.165, 1.54) is 0 Å². The lowest BCUT2D eigenvalue weighted by molar-refractivity contribution is -0.141. The molecule has 1 saturated carbocycles. The molecule has 2 heterocycles. The van der Waals surface area contributed by atoms with Gasteiger partial charge in [0.2, 0.25) is 11.8 Å². The van der Waals surface area contributed by atoms with Gasteiger partial charge in [-0.05, 0) is 50.6 Å². The van der Waals surface area contributed by atoms with Crippen LogP contribution in [-0.2, 0) is 9.59 Å². The van der Waals surface area contributed by atoms with E-state index in [0.717, 1.165) is 29.3 Å². The van der Waals surface area contributed by atoms with E-state index in [-0.39, 0.29) is 35.8 Å². The van der Waals surface area contributed by atoms with Gasteiger partial charge in [0.1, 0.15) is 6.04 Å². The van der Waals surface area contributed by atoms with E-state index in [1.54, 1.807) is 25.3 Å². The number of carbonyl (C=O) groups excluding carboxylic acids is 3. The average molecular weight is 485 g/mol. The summed E-state index contributed by atoms with van der Waals surface area (Å²) in [4.78, 5) is 41.6. The molecule has 0 radical (unpaired) electrons. The van der Waals surface area contributed by atoms with Crippen LogP contribution in [0.2, 0.25) is 0 Å². The summed E-state index contributed by atoms with van der Waals surface area (Å²) in [6.45, 7) is 8.36. The molecule has 4 rings (SSSR count). The van der Waals surface area contributed by atoms with Crippen molar-refractivity contribution < 1.29 is 14.4 Å². The van der Waals surface area contributed by atoms with Crippen molar-refractivity contribution in [2.24, 2.45) is 11.3 Å². The maximum atomic E-state index is 13.8. The molecule has 0 spiro atoms. The maximum absolute atomic E-state index is 13.8. The van der Waals surface area contributed by atoms with E-state index in [0.29, 0.717) is 18.0 Å². The van der Waals surface area contributed by atoms with E-state index in [2.05, 4.69) is 16.0 Å². The highest BCUT2D eigenvalue weighted by atomic mass is 32.1. The number of hydrogen-bond acceptors (Lipinski definition) is 5. The highest BCUT2D eigenvalue weighted by Gasteiger charge is 2.49. The summed E-state index contributed by atoms with van der Waals surface area (Å²) in [7, 11) is 1.73. The fourth-order valence-corrected chi connectivity index (χ4v) is 6.27. The number of nitrogens with one attached hydrogen (secondary N) is 3. The average Bonchev–Trinajstić information content (AvgIpc) is 3.51. The molecular weight excluding hydrogens is 448 g/mol. The second kappa shape index (κ2) is 9.66. The Hall–Kier alpha value is -2.45. The second-order valence-corrected chi connectivity index (χ2v) is 11.6. The SMILES string of the molecule is CN[C@@H](C)C(=O)N[C@H](C(=O)N1CC[C@H]2CCC(NC(=O)c3csc4ccccc34)[C@H]21)C(C)(C)C. The summed E-state index contributed by atoms with van der Waals surface area (Å²) < 4.78 is 1.09. The van der Waals surface area contributed by atoms with Crippen molar-refractivity contribution in [2.75, 3.05) is 13.6 Å². The summed E-state index contributed by atoms with van der Waals surface area (Å²) in [6.07, 6.45) is 2.78. The molecule has 3 amide bonds. The summed E-state index contributed by atoms with van der Waals surface area (Å²) in [6, 6.07) is 6.79. The minimum atomic E-state index is -0.632. The Morgan fingerprint density at radius 2 is 1.85 bits per heavy atom. The topological polar surface area (TPSA) is 90.5 Å². The zero-order valence-electron chi connectivity index (χ0n) is 20.7. The summed E-state index contributed by atoms with van der Waals surface area (Å²) in [5, 5.41) is 12.1. The first-order chi connectivity index (χ1) is 16.1. The molecule has 1 aliphatic heterocycles. The first-order valence-corrected chi connectivity index (χ1v) is 13.0. The predicted molar refractivity (Wildman–Crippen MR) is 136 cm³/mol. The molecule has 7 nitrogen and oxygen atoms in total. The number of fused-ring (bicyclic) bond motifs is 2. The van der Waals surface area contributed by atoms with E-state index < -0.39 is 11.5 Å². The first kappa shape index (κ1) is 24.7. The quantitative estimate of drug-likeness (QED) is 0.588. The lowest BCUT2D eigenvalue weighted by atomic mass is 9.85. The molecule has 8 heteroatoms. The Morgan fingerprint density at radius 1 is 1.12 bits per heavy atom. The van der Waals surface area contributed by atoms with E-state index in [1.807, 2.05) is 55.3 Å². The molecule has 2 aromatic rings. The number of thiophene rings is 1. The third kappa shape index (κ3) is 4.70. The Kier molecular flexibility index (Phi) is 7.01. The van der Waals surface area contributed by atoms with Crippen molar-refractivity contribution in [1.29, 1.82) is 0 Å². The zero-order valence-corrected chi connectivity index (χ0v) is 21.5. The predicted octanol–water partition coefficient (Wildman–Crippen LogP) is 3.15. The normalized spacial score (nSPS) is 24.0. The maximum Gasteiger partial charge on any atom is 0.253 e. The lowest BCUT2D eigenvalue weighted by Crippen LogP contribution is -2.60. The molecule has 1 saturated heterocycles. The molecule has 2 aliphatic rings. The molecule has 184 valence electrons. The largest absolute Gasteiger partial charge is 0.347 e. The second-order valence-electron chi connectivity index (χ2n) is 10.7. The smallest absolute Gasteiger partial charge is 0.253 e. The van der Waals surface area contributed by atoms with Crippen LogP contribution < -0.4 is 16.0 Å². The fraction of sp³-hybridized carbons (Fsp3) is 0.577. The third-order valence-electron chi connectivity index (χ3n) is 7.40. The van der Waals surface area contributed by atoms with Gasteiger partial charge in [-0.1, -0.05) is 39.0 Å². The van der Waals surface area contributed by atoms with Crippen LogP contribution in [0.5, 0.6) is 0 Å². The molecule has 1 unspecified atom stereocenters. The zero-order chi connectivity index (χ0) is 24.6. The number of nitrogens with zero attached hydrogens (tertiary/aromatic N) is 1. The highest BCUT2D eigenvalue weighted by molar-refractivity contribution is 7.17. The third-order valence-corrected chi connectivity index (χ3v) is 8.36. The standard InChI is InChI=1S/C26H36N4O3S/c1-15(27-5)23(31)29-22(26(2,3)4)25(33)30-13-12-16-10-11-19(21(16)30)28-24(32)18-14-34-20-9-7-6-8-17(18)20/h6-9,14-16,19,21-22,27H,10-13H2,1-5H3,(H,28,32)(H,29,31)/t15-,16+,19?,21-,22+/m0/s1. The van der Waals surface area contributed by atoms with Gasteiger partial charge in [-0.2, -0.15) is 0 Å². The van der Waals surface area contributed by atoms with Crippen molar-refractivity contribution in [3.63, 3.8) is 0 Å². The number of benzene rings is 1. The van der Waals surface area contributed by atoms with Gasteiger partial charge in [-0.3, -0.25) is 14.4 Å². The van der Waals surface area contributed by atoms with Crippen LogP contribution in [0.1, 0.15) is 57.3 Å². The minimum absolute atomic E-state index is 0.0372. The molecule has 34 heavy (non-hydrogen) atoms. The molecule has 1 aromatic carbocycles. The molecule has 0 bridgehead atoms.